The van der Waals surface area contributed by atoms with Gasteiger partial charge < -0.3 is 33.2 Å². The fraction of sp³-hybridized carbons (Fsp3) is 0.500. The molecule has 1 aliphatic rings. The molecule has 1 aromatic rings. The molecule has 1 aromatic carbocycles. The van der Waals surface area contributed by atoms with Crippen molar-refractivity contribution in [3.63, 3.8) is 0 Å². The van der Waals surface area contributed by atoms with E-state index in [1.54, 1.807) is 0 Å². The first kappa shape index (κ1) is 26.6. The van der Waals surface area contributed by atoms with Crippen LogP contribution in [0, 0.1) is 0 Å². The van der Waals surface area contributed by atoms with Crippen molar-refractivity contribution in [3.05, 3.63) is 24.3 Å². The van der Waals surface area contributed by atoms with Gasteiger partial charge in [0.15, 0.2) is 18.5 Å². The third-order valence-electron chi connectivity index (χ3n) is 4.34. The van der Waals surface area contributed by atoms with Gasteiger partial charge in [0.05, 0.1) is 0 Å². The molecule has 186 valence electrons. The predicted octanol–water partition coefficient (Wildman–Crippen LogP) is 0.726. The van der Waals surface area contributed by atoms with E-state index in [0.717, 1.165) is 20.8 Å². The second-order valence-electron chi connectivity index (χ2n) is 7.13. The number of ether oxygens (including phenoxy) is 7. The number of hydrogen-bond acceptors (Lipinski definition) is 12. The standard InChI is InChI=1S/C22H26O12/c1-12(24)29-11-18-19(30-13(2)25)20(31-14(3)26)21(32-15(4)27)22(34-18)33-17-7-5-16(6-8-17)28-10-9-23/h5-9,18-22H,10-11H2,1-4H3/t18-,19-,20+,21-,22-/m1/s1. The van der Waals surface area contributed by atoms with E-state index in [0.29, 0.717) is 12.0 Å². The Kier molecular flexibility index (Phi) is 9.80. The predicted molar refractivity (Wildman–Crippen MR) is 111 cm³/mol. The second kappa shape index (κ2) is 12.5. The van der Waals surface area contributed by atoms with E-state index in [1.807, 2.05) is 0 Å². The Bertz CT molecular complexity index is 880. The molecule has 1 heterocycles. The van der Waals surface area contributed by atoms with Crippen LogP contribution >= 0.6 is 0 Å². The average molecular weight is 482 g/mol. The highest BCUT2D eigenvalue weighted by Crippen LogP contribution is 2.31. The SMILES string of the molecule is CC(=O)OC[C@H]1O[C@@H](Oc2ccc(OCC=O)cc2)[C@H](OC(C)=O)[C@@H](OC(C)=O)[C@@H]1OC(C)=O. The van der Waals surface area contributed by atoms with Gasteiger partial charge in [0.2, 0.25) is 12.4 Å². The summed E-state index contributed by atoms with van der Waals surface area (Å²) in [5.74, 6) is -2.19. The van der Waals surface area contributed by atoms with Crippen molar-refractivity contribution in [2.75, 3.05) is 13.2 Å². The van der Waals surface area contributed by atoms with Crippen molar-refractivity contribution >= 4 is 30.2 Å². The largest absolute Gasteiger partial charge is 0.486 e. The Morgan fingerprint density at radius 2 is 1.32 bits per heavy atom. The first-order chi connectivity index (χ1) is 16.1. The molecular formula is C22H26O12. The molecular weight excluding hydrogens is 456 g/mol. The smallest absolute Gasteiger partial charge is 0.303 e. The van der Waals surface area contributed by atoms with Crippen LogP contribution in [-0.4, -0.2) is 74.1 Å². The number of hydrogen-bond donors (Lipinski definition) is 0. The first-order valence-electron chi connectivity index (χ1n) is 10.2. The van der Waals surface area contributed by atoms with Crippen molar-refractivity contribution in [1.82, 2.24) is 0 Å². The van der Waals surface area contributed by atoms with Crippen molar-refractivity contribution in [1.29, 1.82) is 0 Å². The van der Waals surface area contributed by atoms with Gasteiger partial charge in [0.25, 0.3) is 0 Å². The molecule has 2 rings (SSSR count). The van der Waals surface area contributed by atoms with E-state index in [-0.39, 0.29) is 19.0 Å². The Morgan fingerprint density at radius 3 is 1.85 bits per heavy atom. The van der Waals surface area contributed by atoms with Crippen molar-refractivity contribution in [2.24, 2.45) is 0 Å². The second-order valence-corrected chi connectivity index (χ2v) is 7.13. The lowest BCUT2D eigenvalue weighted by Gasteiger charge is -2.43. The Labute approximate surface area is 195 Å². The Hall–Kier alpha value is -3.67. The van der Waals surface area contributed by atoms with Crippen LogP contribution in [0.3, 0.4) is 0 Å². The molecule has 0 amide bonds. The molecule has 0 bridgehead atoms. The van der Waals surface area contributed by atoms with E-state index < -0.39 is 54.6 Å². The van der Waals surface area contributed by atoms with Crippen molar-refractivity contribution in [2.45, 2.75) is 58.4 Å². The number of carbonyl (C=O) groups excluding carboxylic acids is 5. The molecule has 0 unspecified atom stereocenters. The highest BCUT2D eigenvalue weighted by atomic mass is 16.7. The third-order valence-corrected chi connectivity index (χ3v) is 4.34. The monoisotopic (exact) mass is 482 g/mol. The fourth-order valence-electron chi connectivity index (χ4n) is 3.16. The minimum Gasteiger partial charge on any atom is -0.486 e. The Balaban J connectivity index is 2.38. The summed E-state index contributed by atoms with van der Waals surface area (Å²) in [6.45, 7) is 4.07. The fourth-order valence-corrected chi connectivity index (χ4v) is 3.16. The molecule has 0 saturated carbocycles. The van der Waals surface area contributed by atoms with E-state index in [1.165, 1.54) is 31.2 Å². The van der Waals surface area contributed by atoms with Crippen LogP contribution in [0.1, 0.15) is 27.7 Å². The van der Waals surface area contributed by atoms with Crippen molar-refractivity contribution < 1.29 is 57.1 Å². The minimum atomic E-state index is -1.35. The summed E-state index contributed by atoms with van der Waals surface area (Å²) in [7, 11) is 0. The van der Waals surface area contributed by atoms with Gasteiger partial charge in [-0.3, -0.25) is 24.0 Å². The average Bonchev–Trinajstić information content (AvgIpc) is 2.75. The zero-order valence-electron chi connectivity index (χ0n) is 19.1. The summed E-state index contributed by atoms with van der Waals surface area (Å²) in [6, 6.07) is 6.08. The number of benzene rings is 1. The highest BCUT2D eigenvalue weighted by molar-refractivity contribution is 5.68. The van der Waals surface area contributed by atoms with E-state index in [2.05, 4.69) is 0 Å². The van der Waals surface area contributed by atoms with Gasteiger partial charge >= 0.3 is 23.9 Å². The lowest BCUT2D eigenvalue weighted by molar-refractivity contribution is -0.288. The molecule has 12 nitrogen and oxygen atoms in total. The van der Waals surface area contributed by atoms with Gasteiger partial charge in [-0.15, -0.1) is 0 Å². The van der Waals surface area contributed by atoms with Crippen LogP contribution in [0.2, 0.25) is 0 Å². The van der Waals surface area contributed by atoms with Crippen LogP contribution in [0.25, 0.3) is 0 Å². The quantitative estimate of drug-likeness (QED) is 0.263. The van der Waals surface area contributed by atoms with Gasteiger partial charge in [-0.05, 0) is 24.3 Å². The molecule has 0 N–H and O–H groups in total. The van der Waals surface area contributed by atoms with Gasteiger partial charge in [0.1, 0.15) is 30.8 Å². The van der Waals surface area contributed by atoms with Gasteiger partial charge in [-0.25, -0.2) is 0 Å². The summed E-state index contributed by atoms with van der Waals surface area (Å²) in [6.07, 6.45) is -5.82. The molecule has 0 aliphatic carbocycles. The summed E-state index contributed by atoms with van der Waals surface area (Å²) in [5, 5.41) is 0. The molecule has 5 atom stereocenters. The third kappa shape index (κ3) is 8.03. The summed E-state index contributed by atoms with van der Waals surface area (Å²) in [4.78, 5) is 57.2. The molecule has 0 radical (unpaired) electrons. The van der Waals surface area contributed by atoms with Crippen molar-refractivity contribution in [3.8, 4) is 11.5 Å². The topological polar surface area (TPSA) is 150 Å². The van der Waals surface area contributed by atoms with E-state index in [9.17, 15) is 24.0 Å². The molecule has 1 aliphatic heterocycles. The first-order valence-corrected chi connectivity index (χ1v) is 10.2. The molecule has 0 spiro atoms. The Morgan fingerprint density at radius 1 is 0.794 bits per heavy atom. The number of rotatable bonds is 10. The minimum absolute atomic E-state index is 0.125. The van der Waals surface area contributed by atoms with Crippen LogP contribution in [0.5, 0.6) is 11.5 Å². The zero-order valence-corrected chi connectivity index (χ0v) is 19.1. The van der Waals surface area contributed by atoms with Gasteiger partial charge in [-0.1, -0.05) is 0 Å². The molecule has 12 heteroatoms. The molecule has 1 saturated heterocycles. The molecule has 34 heavy (non-hydrogen) atoms. The normalized spacial score (nSPS) is 23.7. The van der Waals surface area contributed by atoms with Crippen LogP contribution in [0.15, 0.2) is 24.3 Å². The zero-order chi connectivity index (χ0) is 25.3. The maximum absolute atomic E-state index is 11.8. The van der Waals surface area contributed by atoms with Gasteiger partial charge in [0, 0.05) is 27.7 Å². The van der Waals surface area contributed by atoms with Crippen LogP contribution in [0.4, 0.5) is 0 Å². The highest BCUT2D eigenvalue weighted by Gasteiger charge is 2.53. The summed E-state index contributed by atoms with van der Waals surface area (Å²) >= 11 is 0. The maximum atomic E-state index is 11.8. The lowest BCUT2D eigenvalue weighted by atomic mass is 9.98. The van der Waals surface area contributed by atoms with E-state index in [4.69, 9.17) is 33.2 Å². The summed E-state index contributed by atoms with van der Waals surface area (Å²) < 4.78 is 37.8. The van der Waals surface area contributed by atoms with Gasteiger partial charge in [-0.2, -0.15) is 0 Å². The summed E-state index contributed by atoms with van der Waals surface area (Å²) in [5.41, 5.74) is 0. The number of aldehydes is 1. The number of esters is 4. The maximum Gasteiger partial charge on any atom is 0.303 e. The lowest BCUT2D eigenvalue weighted by Crippen LogP contribution is -2.63. The number of carbonyl (C=O) groups is 5. The van der Waals surface area contributed by atoms with Crippen LogP contribution < -0.4 is 9.47 Å². The molecule has 1 fully saturated rings. The van der Waals surface area contributed by atoms with Crippen LogP contribution in [-0.2, 0) is 47.7 Å². The van der Waals surface area contributed by atoms with E-state index >= 15 is 0 Å². The molecule has 0 aromatic heterocycles.